The highest BCUT2D eigenvalue weighted by atomic mass is 33.5. The van der Waals surface area contributed by atoms with E-state index in [2.05, 4.69) is 45.3 Å². The summed E-state index contributed by atoms with van der Waals surface area (Å²) in [6.45, 7) is 4.61. The van der Waals surface area contributed by atoms with Gasteiger partial charge in [-0.3, -0.25) is 0 Å². The van der Waals surface area contributed by atoms with Gasteiger partial charge in [0, 0.05) is 11.5 Å². The number of hydrogen-bond acceptors (Lipinski definition) is 3. The minimum absolute atomic E-state index is 1.36. The second-order valence-corrected chi connectivity index (χ2v) is 16.1. The summed E-state index contributed by atoms with van der Waals surface area (Å²) in [6, 6.07) is 0. The summed E-state index contributed by atoms with van der Waals surface area (Å²) in [5, 5.41) is 0. The summed E-state index contributed by atoms with van der Waals surface area (Å²) in [7, 11) is 6.27. The molecule has 0 aliphatic rings. The Labute approximate surface area is 248 Å². The standard InChI is InChI=1S/C34H70S3/c1-3-5-7-9-11-13-15-17-19-21-23-25-27-29-31-33-35-37-36-34-32-30-28-26-24-22-20-18-16-14-12-10-8-6-4-2/h3-34H2,1-2H3. The lowest BCUT2D eigenvalue weighted by Crippen LogP contribution is -1.84. The van der Waals surface area contributed by atoms with Crippen LogP contribution >= 0.6 is 31.4 Å². The van der Waals surface area contributed by atoms with Gasteiger partial charge in [0.1, 0.15) is 0 Å². The third-order valence-electron chi connectivity index (χ3n) is 7.76. The lowest BCUT2D eigenvalue weighted by atomic mass is 10.0. The van der Waals surface area contributed by atoms with Gasteiger partial charge in [0.15, 0.2) is 0 Å². The molecule has 0 aromatic carbocycles. The molecule has 0 aromatic rings. The minimum Gasteiger partial charge on any atom is -0.0826 e. The molecule has 0 amide bonds. The van der Waals surface area contributed by atoms with Gasteiger partial charge in [-0.25, -0.2) is 0 Å². The fraction of sp³-hybridized carbons (Fsp3) is 1.00. The molecule has 0 aliphatic carbocycles. The molecule has 0 N–H and O–H groups in total. The maximum atomic E-state index is 2.31. The molecule has 0 aliphatic heterocycles. The fourth-order valence-corrected chi connectivity index (χ4v) is 9.17. The van der Waals surface area contributed by atoms with Gasteiger partial charge in [0.25, 0.3) is 0 Å². The molecule has 0 saturated heterocycles. The van der Waals surface area contributed by atoms with Crippen molar-refractivity contribution in [3.05, 3.63) is 0 Å². The van der Waals surface area contributed by atoms with E-state index in [1.165, 1.54) is 204 Å². The summed E-state index contributed by atoms with van der Waals surface area (Å²) in [6.07, 6.45) is 43.9. The Morgan fingerprint density at radius 3 is 0.649 bits per heavy atom. The van der Waals surface area contributed by atoms with Crippen LogP contribution in [-0.4, -0.2) is 11.5 Å². The lowest BCUT2D eigenvalue weighted by Gasteiger charge is -2.04. The Bertz CT molecular complexity index is 340. The van der Waals surface area contributed by atoms with Crippen molar-refractivity contribution in [3.8, 4) is 0 Å². The third-order valence-corrected chi connectivity index (χ3v) is 12.2. The first-order valence-electron chi connectivity index (χ1n) is 17.3. The van der Waals surface area contributed by atoms with E-state index in [0.29, 0.717) is 0 Å². The quantitative estimate of drug-likeness (QED) is 0.0554. The van der Waals surface area contributed by atoms with E-state index in [4.69, 9.17) is 0 Å². The lowest BCUT2D eigenvalue weighted by molar-refractivity contribution is 0.535. The van der Waals surface area contributed by atoms with Gasteiger partial charge in [0.2, 0.25) is 0 Å². The summed E-state index contributed by atoms with van der Waals surface area (Å²) in [5.74, 6) is 2.71. The molecular weight excluding hydrogens is 505 g/mol. The van der Waals surface area contributed by atoms with Crippen molar-refractivity contribution in [2.45, 2.75) is 206 Å². The maximum absolute atomic E-state index is 2.31. The van der Waals surface area contributed by atoms with Crippen molar-refractivity contribution < 1.29 is 0 Å². The van der Waals surface area contributed by atoms with E-state index in [-0.39, 0.29) is 0 Å². The van der Waals surface area contributed by atoms with Crippen molar-refractivity contribution in [3.63, 3.8) is 0 Å². The highest BCUT2D eigenvalue weighted by molar-refractivity contribution is 9.09. The number of rotatable bonds is 34. The van der Waals surface area contributed by atoms with Gasteiger partial charge in [0.05, 0.1) is 0 Å². The molecule has 0 unspecified atom stereocenters. The van der Waals surface area contributed by atoms with E-state index in [1.807, 2.05) is 0 Å². The second-order valence-electron chi connectivity index (χ2n) is 11.6. The summed E-state index contributed by atoms with van der Waals surface area (Å²) >= 11 is 0. The average Bonchev–Trinajstić information content (AvgIpc) is 2.91. The molecule has 0 atom stereocenters. The number of hydrogen-bond donors (Lipinski definition) is 0. The monoisotopic (exact) mass is 574 g/mol. The van der Waals surface area contributed by atoms with Gasteiger partial charge < -0.3 is 0 Å². The summed E-state index contributed by atoms with van der Waals surface area (Å²) < 4.78 is 0. The van der Waals surface area contributed by atoms with Crippen LogP contribution in [0.15, 0.2) is 0 Å². The third kappa shape index (κ3) is 37.0. The van der Waals surface area contributed by atoms with Crippen molar-refractivity contribution >= 4 is 31.4 Å². The van der Waals surface area contributed by atoms with Crippen LogP contribution < -0.4 is 0 Å². The average molecular weight is 575 g/mol. The van der Waals surface area contributed by atoms with Crippen LogP contribution in [0.3, 0.4) is 0 Å². The molecule has 0 aromatic heterocycles. The molecule has 0 nitrogen and oxygen atoms in total. The Balaban J connectivity index is 3.00. The van der Waals surface area contributed by atoms with Crippen LogP contribution in [0.1, 0.15) is 206 Å². The Morgan fingerprint density at radius 1 is 0.243 bits per heavy atom. The first kappa shape index (κ1) is 38.0. The van der Waals surface area contributed by atoms with E-state index >= 15 is 0 Å². The van der Waals surface area contributed by atoms with Crippen molar-refractivity contribution in [1.29, 1.82) is 0 Å². The summed E-state index contributed by atoms with van der Waals surface area (Å²) in [4.78, 5) is 0. The van der Waals surface area contributed by atoms with Crippen LogP contribution in [0.2, 0.25) is 0 Å². The molecule has 0 fully saturated rings. The van der Waals surface area contributed by atoms with E-state index in [0.717, 1.165) is 0 Å². The van der Waals surface area contributed by atoms with Gasteiger partial charge in [-0.2, -0.15) is 0 Å². The molecule has 224 valence electrons. The van der Waals surface area contributed by atoms with Gasteiger partial charge >= 0.3 is 0 Å². The first-order valence-corrected chi connectivity index (χ1v) is 21.1. The number of unbranched alkanes of at least 4 members (excludes halogenated alkanes) is 28. The zero-order valence-corrected chi connectivity index (χ0v) is 28.3. The predicted molar refractivity (Wildman–Crippen MR) is 182 cm³/mol. The highest BCUT2D eigenvalue weighted by Gasteiger charge is 1.97. The molecule has 0 heterocycles. The van der Waals surface area contributed by atoms with Crippen molar-refractivity contribution in [2.75, 3.05) is 11.5 Å². The minimum atomic E-state index is 1.36. The molecule has 0 spiro atoms. The highest BCUT2D eigenvalue weighted by Crippen LogP contribution is 2.35. The molecule has 37 heavy (non-hydrogen) atoms. The molecule has 0 radical (unpaired) electrons. The normalized spacial score (nSPS) is 11.5. The Kier molecular flexibility index (Phi) is 38.1. The SMILES string of the molecule is CCCCCCCCCCCCCCCCCSSSCCCCCCCCCCCCCCCCC. The van der Waals surface area contributed by atoms with Gasteiger partial charge in [-0.05, 0) is 22.7 Å². The zero-order chi connectivity index (χ0) is 26.7. The van der Waals surface area contributed by atoms with Crippen molar-refractivity contribution in [1.82, 2.24) is 0 Å². The smallest absolute Gasteiger partial charge is 0.00451 e. The van der Waals surface area contributed by atoms with Crippen LogP contribution in [0.25, 0.3) is 0 Å². The van der Waals surface area contributed by atoms with Crippen LogP contribution in [0.5, 0.6) is 0 Å². The Morgan fingerprint density at radius 2 is 0.432 bits per heavy atom. The van der Waals surface area contributed by atoms with Crippen LogP contribution in [0.4, 0.5) is 0 Å². The molecule has 0 bridgehead atoms. The topological polar surface area (TPSA) is 0 Å². The summed E-state index contributed by atoms with van der Waals surface area (Å²) in [5.41, 5.74) is 0. The molecule has 0 saturated carbocycles. The van der Waals surface area contributed by atoms with Gasteiger partial charge in [-0.15, -0.1) is 0 Å². The molecule has 0 rings (SSSR count). The van der Waals surface area contributed by atoms with E-state index < -0.39 is 0 Å². The van der Waals surface area contributed by atoms with Crippen LogP contribution in [0, 0.1) is 0 Å². The Hall–Kier alpha value is 1.05. The predicted octanol–water partition coefficient (Wildman–Crippen LogP) is 14.8. The molecular formula is C34H70S3. The van der Waals surface area contributed by atoms with Gasteiger partial charge in [-0.1, -0.05) is 215 Å². The van der Waals surface area contributed by atoms with Crippen LogP contribution in [-0.2, 0) is 0 Å². The largest absolute Gasteiger partial charge is 0.0826 e. The maximum Gasteiger partial charge on any atom is 0.00451 e. The second kappa shape index (κ2) is 37.0. The van der Waals surface area contributed by atoms with E-state index in [9.17, 15) is 0 Å². The molecule has 3 heteroatoms. The zero-order valence-electron chi connectivity index (χ0n) is 25.9. The van der Waals surface area contributed by atoms with E-state index in [1.54, 1.807) is 0 Å². The van der Waals surface area contributed by atoms with Crippen molar-refractivity contribution in [2.24, 2.45) is 0 Å². The fourth-order valence-electron chi connectivity index (χ4n) is 5.17. The first-order chi connectivity index (χ1) is 18.4.